The lowest BCUT2D eigenvalue weighted by atomic mass is 10.0. The van der Waals surface area contributed by atoms with Crippen molar-refractivity contribution in [3.8, 4) is 67.9 Å². The second-order valence-corrected chi connectivity index (χ2v) is 16.4. The van der Waals surface area contributed by atoms with Crippen LogP contribution in [0.1, 0.15) is 11.4 Å². The Balaban J connectivity index is 1.43. The molecule has 0 fully saturated rings. The second-order valence-electron chi connectivity index (χ2n) is 16.4. The van der Waals surface area contributed by atoms with Crippen LogP contribution in [0, 0.1) is 0 Å². The Bertz CT molecular complexity index is 3550. The van der Waals surface area contributed by atoms with E-state index in [0.29, 0.717) is 77.9 Å². The quantitative estimate of drug-likeness (QED) is 0.0482. The molecule has 3 aromatic carbocycles. The number of aromatic nitrogens is 4. The maximum Gasteiger partial charge on any atom is 0.343 e. The molecule has 7 aromatic rings. The van der Waals surface area contributed by atoms with E-state index >= 15 is 0 Å². The molecule has 0 saturated heterocycles. The standard InChI is InChI=1S/C55H50N4O18/c1-66-47(60)24-72-41-18-7-30(21-44(41)75-27-50(63)69-4)53-35-12-10-33(56-35)34-11-13-36(57-34)54(31-8-19-42(73-25-48(61)67-2)45(22-31)76-28-51(64)70-5)38-15-17-40(59-38)55(39-16-14-37(53)58-39)32-9-20-43(74-26-49(62)68-3)46(23-32)77-29-52(65)71-6/h7-23,56-58H,24-29H2,1-6H3. The molecular weight excluding hydrogens is 1000 g/mol. The molecule has 8 rings (SSSR count). The third-order valence-electron chi connectivity index (χ3n) is 11.7. The van der Waals surface area contributed by atoms with Gasteiger partial charge >= 0.3 is 35.8 Å². The van der Waals surface area contributed by atoms with E-state index in [2.05, 4.69) is 15.0 Å². The highest BCUT2D eigenvalue weighted by Crippen LogP contribution is 2.42. The molecular formula is C55H50N4O18. The van der Waals surface area contributed by atoms with Gasteiger partial charge in [-0.3, -0.25) is 0 Å². The number of rotatable bonds is 21. The van der Waals surface area contributed by atoms with Crippen molar-refractivity contribution >= 4 is 81.1 Å². The maximum absolute atomic E-state index is 12.4. The van der Waals surface area contributed by atoms with Crippen molar-refractivity contribution in [2.75, 3.05) is 82.3 Å². The van der Waals surface area contributed by atoms with Crippen molar-refractivity contribution in [2.45, 2.75) is 0 Å². The molecule has 0 spiro atoms. The molecule has 8 bridgehead atoms. The number of carbonyl (C=O) groups is 6. The smallest absolute Gasteiger partial charge is 0.343 e. The van der Waals surface area contributed by atoms with Crippen LogP contribution < -0.4 is 28.4 Å². The molecule has 0 aliphatic carbocycles. The van der Waals surface area contributed by atoms with Gasteiger partial charge in [0.05, 0.1) is 65.1 Å². The third-order valence-corrected chi connectivity index (χ3v) is 11.7. The van der Waals surface area contributed by atoms with Crippen LogP contribution in [-0.2, 0) is 57.2 Å². The van der Waals surface area contributed by atoms with Gasteiger partial charge in [0.1, 0.15) is 0 Å². The molecule has 0 saturated carbocycles. The van der Waals surface area contributed by atoms with E-state index < -0.39 is 75.5 Å². The highest BCUT2D eigenvalue weighted by Gasteiger charge is 2.22. The number of hydrogen-bond donors (Lipinski definition) is 3. The number of fused-ring (bicyclic) bond motifs is 9. The Kier molecular flexibility index (Phi) is 16.9. The summed E-state index contributed by atoms with van der Waals surface area (Å²) in [6, 6.07) is 26.2. The summed E-state index contributed by atoms with van der Waals surface area (Å²) in [7, 11) is 7.35. The molecule has 5 heterocycles. The first-order valence-electron chi connectivity index (χ1n) is 23.3. The molecule has 0 atom stereocenters. The molecule has 398 valence electrons. The predicted molar refractivity (Wildman–Crippen MR) is 277 cm³/mol. The Morgan fingerprint density at radius 2 is 0.571 bits per heavy atom. The van der Waals surface area contributed by atoms with Crippen LogP contribution in [0.15, 0.2) is 91.0 Å². The first-order valence-corrected chi connectivity index (χ1v) is 23.3. The van der Waals surface area contributed by atoms with Crippen LogP contribution in [0.4, 0.5) is 0 Å². The Labute approximate surface area is 437 Å². The number of esters is 6. The summed E-state index contributed by atoms with van der Waals surface area (Å²) in [5, 5.41) is 0. The second kappa shape index (κ2) is 24.4. The number of nitrogens with one attached hydrogen (secondary N) is 3. The average Bonchev–Trinajstić information content (AvgIpc) is 4.33. The minimum Gasteiger partial charge on any atom is -0.478 e. The van der Waals surface area contributed by atoms with Gasteiger partial charge < -0.3 is 71.8 Å². The molecule has 22 heteroatoms. The molecule has 1 aliphatic heterocycles. The molecule has 0 radical (unpaired) electrons. The van der Waals surface area contributed by atoms with Crippen LogP contribution >= 0.6 is 0 Å². The summed E-state index contributed by atoms with van der Waals surface area (Å²) >= 11 is 0. The van der Waals surface area contributed by atoms with Gasteiger partial charge in [0.2, 0.25) is 0 Å². The van der Waals surface area contributed by atoms with E-state index in [-0.39, 0.29) is 34.5 Å². The Hall–Kier alpha value is -9.99. The van der Waals surface area contributed by atoms with E-state index in [1.807, 2.05) is 48.6 Å². The fourth-order valence-corrected chi connectivity index (χ4v) is 7.92. The molecule has 0 unspecified atom stereocenters. The Morgan fingerprint density at radius 1 is 0.325 bits per heavy atom. The summed E-state index contributed by atoms with van der Waals surface area (Å²) in [4.78, 5) is 89.6. The van der Waals surface area contributed by atoms with Crippen LogP contribution in [-0.4, -0.2) is 138 Å². The SMILES string of the molecule is COC(=O)COc1ccc(-c2c3nc(c(-c4ccc(OCC(=O)OC)c(OCC(=O)OC)c4)c4ccc([nH]4)c4ccc([nH]4)c(-c4ccc(OCC(=O)OC)c(OCC(=O)OC)c4)c4ccc2[nH]4)C=C3)cc1OCC(=O)OC. The van der Waals surface area contributed by atoms with Crippen molar-refractivity contribution in [1.29, 1.82) is 0 Å². The minimum atomic E-state index is -0.679. The zero-order valence-electron chi connectivity index (χ0n) is 42.4. The number of benzene rings is 3. The van der Waals surface area contributed by atoms with Gasteiger partial charge in [0.15, 0.2) is 74.1 Å². The van der Waals surface area contributed by atoms with Crippen molar-refractivity contribution in [2.24, 2.45) is 0 Å². The van der Waals surface area contributed by atoms with Gasteiger partial charge in [-0.05, 0) is 102 Å². The van der Waals surface area contributed by atoms with Crippen molar-refractivity contribution in [3.63, 3.8) is 0 Å². The van der Waals surface area contributed by atoms with Gasteiger partial charge in [0.25, 0.3) is 0 Å². The first-order chi connectivity index (χ1) is 37.3. The van der Waals surface area contributed by atoms with E-state index in [9.17, 15) is 28.8 Å². The van der Waals surface area contributed by atoms with Crippen molar-refractivity contribution in [3.05, 3.63) is 102 Å². The average molecular weight is 1060 g/mol. The monoisotopic (exact) mass is 1050 g/mol. The van der Waals surface area contributed by atoms with Crippen LogP contribution in [0.3, 0.4) is 0 Å². The van der Waals surface area contributed by atoms with Crippen LogP contribution in [0.2, 0.25) is 0 Å². The van der Waals surface area contributed by atoms with Gasteiger partial charge in [-0.25, -0.2) is 33.8 Å². The molecule has 3 N–H and O–H groups in total. The summed E-state index contributed by atoms with van der Waals surface area (Å²) in [5.41, 5.74) is 8.00. The normalized spacial score (nSPS) is 11.0. The third kappa shape index (κ3) is 12.5. The fraction of sp³-hybridized carbons (Fsp3) is 0.218. The lowest BCUT2D eigenvalue weighted by Crippen LogP contribution is -2.15. The number of hydrogen-bond acceptors (Lipinski definition) is 19. The van der Waals surface area contributed by atoms with Crippen LogP contribution in [0.25, 0.3) is 78.6 Å². The fourth-order valence-electron chi connectivity index (χ4n) is 7.92. The molecule has 77 heavy (non-hydrogen) atoms. The number of carbonyl (C=O) groups excluding carboxylic acids is 6. The summed E-state index contributed by atoms with van der Waals surface area (Å²) < 4.78 is 64.0. The highest BCUT2D eigenvalue weighted by atomic mass is 16.6. The summed E-state index contributed by atoms with van der Waals surface area (Å²) in [6.45, 7) is -2.81. The number of aromatic amines is 3. The zero-order chi connectivity index (χ0) is 54.6. The zero-order valence-corrected chi connectivity index (χ0v) is 42.4. The van der Waals surface area contributed by atoms with Crippen LogP contribution in [0.5, 0.6) is 34.5 Å². The number of H-pyrrole nitrogens is 3. The van der Waals surface area contributed by atoms with Gasteiger partial charge in [-0.15, -0.1) is 0 Å². The number of methoxy groups -OCH3 is 6. The molecule has 1 aliphatic rings. The van der Waals surface area contributed by atoms with Crippen molar-refractivity contribution < 1.29 is 85.6 Å². The van der Waals surface area contributed by atoms with E-state index in [0.717, 1.165) is 0 Å². The predicted octanol–water partition coefficient (Wildman–Crippen LogP) is 7.01. The minimum absolute atomic E-state index is 0.0825. The molecule has 4 aromatic heterocycles. The first kappa shape index (κ1) is 53.3. The summed E-state index contributed by atoms with van der Waals surface area (Å²) in [5.74, 6) is -3.22. The van der Waals surface area contributed by atoms with Gasteiger partial charge in [0, 0.05) is 38.8 Å². The number of ether oxygens (including phenoxy) is 12. The van der Waals surface area contributed by atoms with E-state index in [4.69, 9.17) is 61.8 Å². The highest BCUT2D eigenvalue weighted by molar-refractivity contribution is 6.00. The largest absolute Gasteiger partial charge is 0.478 e. The Morgan fingerprint density at radius 3 is 0.870 bits per heavy atom. The lowest BCUT2D eigenvalue weighted by Gasteiger charge is -2.14. The topological polar surface area (TPSA) is 273 Å². The van der Waals surface area contributed by atoms with Gasteiger partial charge in [-0.2, -0.15) is 0 Å². The van der Waals surface area contributed by atoms with E-state index in [1.165, 1.54) is 42.7 Å². The lowest BCUT2D eigenvalue weighted by molar-refractivity contribution is -0.144. The van der Waals surface area contributed by atoms with Crippen molar-refractivity contribution in [1.82, 2.24) is 19.9 Å². The summed E-state index contributed by atoms with van der Waals surface area (Å²) in [6.07, 6.45) is 3.64. The van der Waals surface area contributed by atoms with E-state index in [1.54, 1.807) is 54.6 Å². The van der Waals surface area contributed by atoms with Gasteiger partial charge in [-0.1, -0.05) is 18.2 Å². The maximum atomic E-state index is 12.4. The molecule has 22 nitrogen and oxygen atoms in total. The number of nitrogens with zero attached hydrogens (tertiary/aromatic N) is 1. The molecule has 0 amide bonds.